The summed E-state index contributed by atoms with van der Waals surface area (Å²) in [5, 5.41) is 18.4. The van der Waals surface area contributed by atoms with Crippen molar-refractivity contribution in [2.75, 3.05) is 11.9 Å². The molecule has 3 heterocycles. The molecule has 0 N–H and O–H groups in total. The Balaban J connectivity index is 1.73. The molecule has 0 atom stereocenters. The second-order valence-corrected chi connectivity index (χ2v) is 7.85. The number of likely N-dealkylation sites (N-methyl/N-ethyl adjacent to an activating group) is 1. The van der Waals surface area contributed by atoms with Gasteiger partial charge in [-0.25, -0.2) is 0 Å². The van der Waals surface area contributed by atoms with E-state index in [0.717, 1.165) is 31.6 Å². The van der Waals surface area contributed by atoms with Gasteiger partial charge >= 0.3 is 0 Å². The van der Waals surface area contributed by atoms with Crippen LogP contribution in [0.2, 0.25) is 0 Å². The van der Waals surface area contributed by atoms with Gasteiger partial charge < -0.3 is 9.47 Å². The highest BCUT2D eigenvalue weighted by Gasteiger charge is 2.37. The zero-order valence-electron chi connectivity index (χ0n) is 16.2. The monoisotopic (exact) mass is 359 g/mol. The predicted octanol–water partition coefficient (Wildman–Crippen LogP) is 4.22. The molecule has 0 unspecified atom stereocenters. The fourth-order valence-corrected chi connectivity index (χ4v) is 4.31. The largest absolute Gasteiger partial charge is 0.347 e. The summed E-state index contributed by atoms with van der Waals surface area (Å²) >= 11 is 0. The van der Waals surface area contributed by atoms with Gasteiger partial charge in [-0.3, -0.25) is 0 Å². The van der Waals surface area contributed by atoms with Crippen LogP contribution in [0.4, 0.5) is 5.69 Å². The maximum absolute atomic E-state index is 9.77. The zero-order chi connectivity index (χ0) is 19.0. The van der Waals surface area contributed by atoms with E-state index in [2.05, 4.69) is 77.0 Å². The Morgan fingerprint density at radius 3 is 2.78 bits per heavy atom. The van der Waals surface area contributed by atoms with Gasteiger partial charge in [0.25, 0.3) is 0 Å². The number of hydrogen-bond donors (Lipinski definition) is 0. The predicted molar refractivity (Wildman–Crippen MR) is 107 cm³/mol. The first-order chi connectivity index (χ1) is 13.0. The molecule has 2 aromatic rings. The van der Waals surface area contributed by atoms with Crippen molar-refractivity contribution < 1.29 is 0 Å². The number of allylic oxidation sites excluding steroid dienone is 4. The van der Waals surface area contributed by atoms with Crippen LogP contribution in [0.1, 0.15) is 50.3 Å². The molecule has 2 aliphatic rings. The highest BCUT2D eigenvalue weighted by molar-refractivity contribution is 5.76. The lowest BCUT2D eigenvalue weighted by atomic mass is 9.83. The summed E-state index contributed by atoms with van der Waals surface area (Å²) in [5.74, 6) is 1.70. The fourth-order valence-electron chi connectivity index (χ4n) is 4.31. The summed E-state index contributed by atoms with van der Waals surface area (Å²) in [6.45, 7) is 5.35. The summed E-state index contributed by atoms with van der Waals surface area (Å²) in [7, 11) is 2.09. The summed E-state index contributed by atoms with van der Waals surface area (Å²) in [6.07, 6.45) is 8.38. The van der Waals surface area contributed by atoms with Gasteiger partial charge in [0.05, 0.1) is 5.57 Å². The number of anilines is 1. The molecule has 1 aromatic heterocycles. The van der Waals surface area contributed by atoms with Crippen LogP contribution in [0, 0.1) is 11.3 Å². The van der Waals surface area contributed by atoms with E-state index in [4.69, 9.17) is 0 Å². The molecule has 4 rings (SSSR count). The number of nitriles is 1. The van der Waals surface area contributed by atoms with Gasteiger partial charge in [-0.15, -0.1) is 10.2 Å². The van der Waals surface area contributed by atoms with E-state index in [1.165, 1.54) is 23.4 Å². The van der Waals surface area contributed by atoms with Crippen LogP contribution in [-0.4, -0.2) is 21.8 Å². The summed E-state index contributed by atoms with van der Waals surface area (Å²) in [6, 6.07) is 10.8. The van der Waals surface area contributed by atoms with Crippen molar-refractivity contribution in [2.24, 2.45) is 0 Å². The molecule has 0 spiro atoms. The number of aryl methyl sites for hydroxylation is 1. The number of para-hydroxylation sites is 1. The topological polar surface area (TPSA) is 57.7 Å². The number of benzene rings is 1. The van der Waals surface area contributed by atoms with Crippen LogP contribution in [0.15, 0.2) is 42.1 Å². The van der Waals surface area contributed by atoms with Gasteiger partial charge in [-0.05, 0) is 36.6 Å². The number of rotatable bonds is 2. The quantitative estimate of drug-likeness (QED) is 0.753. The SMILES string of the molecule is CN1/C(=C\C=C(/C#N)c2nnc3n2CCCCC3)C(C)(C)c2ccccc21. The molecule has 0 bridgehead atoms. The van der Waals surface area contributed by atoms with Gasteiger partial charge in [0, 0.05) is 36.8 Å². The molecule has 2 aliphatic heterocycles. The average Bonchev–Trinajstić information content (AvgIpc) is 3.02. The molecule has 0 radical (unpaired) electrons. The summed E-state index contributed by atoms with van der Waals surface area (Å²) in [5.41, 5.74) is 4.17. The lowest BCUT2D eigenvalue weighted by molar-refractivity contribution is 0.627. The molecule has 5 heteroatoms. The molecular formula is C22H25N5. The Labute approximate surface area is 160 Å². The number of fused-ring (bicyclic) bond motifs is 2. The Hall–Kier alpha value is -2.87. The van der Waals surface area contributed by atoms with Crippen molar-refractivity contribution >= 4 is 11.3 Å². The minimum atomic E-state index is -0.107. The zero-order valence-corrected chi connectivity index (χ0v) is 16.2. The molecule has 0 fully saturated rings. The lowest BCUT2D eigenvalue weighted by Crippen LogP contribution is -2.22. The Morgan fingerprint density at radius 1 is 1.19 bits per heavy atom. The normalized spacial score (nSPS) is 20.1. The third kappa shape index (κ3) is 2.86. The number of nitrogens with zero attached hydrogens (tertiary/aromatic N) is 5. The summed E-state index contributed by atoms with van der Waals surface area (Å²) < 4.78 is 2.12. The second kappa shape index (κ2) is 6.70. The van der Waals surface area contributed by atoms with Gasteiger partial charge in [0.2, 0.25) is 0 Å². The molecule has 138 valence electrons. The number of hydrogen-bond acceptors (Lipinski definition) is 4. The minimum absolute atomic E-state index is 0.107. The third-order valence-electron chi connectivity index (χ3n) is 5.82. The molecule has 1 aromatic carbocycles. The van der Waals surface area contributed by atoms with Crippen molar-refractivity contribution in [3.05, 3.63) is 59.3 Å². The van der Waals surface area contributed by atoms with Gasteiger partial charge in [-0.1, -0.05) is 38.5 Å². The van der Waals surface area contributed by atoms with Crippen LogP contribution < -0.4 is 4.90 Å². The van der Waals surface area contributed by atoms with Crippen molar-refractivity contribution in [2.45, 2.75) is 51.5 Å². The molecular weight excluding hydrogens is 334 g/mol. The van der Waals surface area contributed by atoms with Crippen molar-refractivity contribution in [3.63, 3.8) is 0 Å². The standard InChI is InChI=1S/C22H25N5/c1-22(2)17-9-6-7-10-18(17)26(3)19(22)13-12-16(15-23)21-25-24-20-11-5-4-8-14-27(20)21/h6-7,9-10,12-13H,4-5,8,11,14H2,1-3H3/b16-12+,19-13-. The Morgan fingerprint density at radius 2 is 2.00 bits per heavy atom. The van der Waals surface area contributed by atoms with Crippen molar-refractivity contribution in [3.8, 4) is 6.07 Å². The molecule has 0 saturated carbocycles. The van der Waals surface area contributed by atoms with E-state index in [0.29, 0.717) is 11.4 Å². The smallest absolute Gasteiger partial charge is 0.174 e. The van der Waals surface area contributed by atoms with E-state index in [9.17, 15) is 5.26 Å². The highest BCUT2D eigenvalue weighted by atomic mass is 15.3. The highest BCUT2D eigenvalue weighted by Crippen LogP contribution is 2.46. The summed E-state index contributed by atoms with van der Waals surface area (Å²) in [4.78, 5) is 2.21. The first-order valence-corrected chi connectivity index (χ1v) is 9.62. The fraction of sp³-hybridized carbons (Fsp3) is 0.409. The van der Waals surface area contributed by atoms with Crippen molar-refractivity contribution in [1.82, 2.24) is 14.8 Å². The van der Waals surface area contributed by atoms with E-state index in [1.807, 2.05) is 6.08 Å². The van der Waals surface area contributed by atoms with Crippen LogP contribution in [0.3, 0.4) is 0 Å². The molecule has 27 heavy (non-hydrogen) atoms. The van der Waals surface area contributed by atoms with Crippen LogP contribution >= 0.6 is 0 Å². The van der Waals surface area contributed by atoms with E-state index < -0.39 is 0 Å². The van der Waals surface area contributed by atoms with Crippen molar-refractivity contribution in [1.29, 1.82) is 5.26 Å². The maximum atomic E-state index is 9.77. The van der Waals surface area contributed by atoms with E-state index in [1.54, 1.807) is 0 Å². The van der Waals surface area contributed by atoms with Crippen LogP contribution in [0.25, 0.3) is 5.57 Å². The van der Waals surface area contributed by atoms with E-state index >= 15 is 0 Å². The lowest BCUT2D eigenvalue weighted by Gasteiger charge is -2.23. The third-order valence-corrected chi connectivity index (χ3v) is 5.82. The minimum Gasteiger partial charge on any atom is -0.347 e. The van der Waals surface area contributed by atoms with Crippen LogP contribution in [-0.2, 0) is 18.4 Å². The molecule has 0 amide bonds. The molecule has 0 aliphatic carbocycles. The van der Waals surface area contributed by atoms with Gasteiger partial charge in [-0.2, -0.15) is 5.26 Å². The van der Waals surface area contributed by atoms with E-state index in [-0.39, 0.29) is 5.41 Å². The maximum Gasteiger partial charge on any atom is 0.174 e. The first kappa shape index (κ1) is 17.5. The second-order valence-electron chi connectivity index (χ2n) is 7.85. The molecule has 0 saturated heterocycles. The van der Waals surface area contributed by atoms with Gasteiger partial charge in [0.1, 0.15) is 11.9 Å². The molecule has 5 nitrogen and oxygen atoms in total. The average molecular weight is 359 g/mol. The van der Waals surface area contributed by atoms with Crippen LogP contribution in [0.5, 0.6) is 0 Å². The van der Waals surface area contributed by atoms with Gasteiger partial charge in [0.15, 0.2) is 5.82 Å². The first-order valence-electron chi connectivity index (χ1n) is 9.62. The number of aromatic nitrogens is 3. The Bertz CT molecular complexity index is 971. The Kier molecular flexibility index (Phi) is 4.35.